The zero-order valence-electron chi connectivity index (χ0n) is 19.7. The van der Waals surface area contributed by atoms with Crippen LogP contribution < -0.4 is 18.9 Å². The largest absolute Gasteiger partial charge is 0.488 e. The maximum absolute atomic E-state index is 6.32. The monoisotopic (exact) mass is 896 g/mol. The van der Waals surface area contributed by atoms with Gasteiger partial charge in [0.25, 0.3) is 0 Å². The lowest BCUT2D eigenvalue weighted by molar-refractivity contribution is 0.266. The van der Waals surface area contributed by atoms with E-state index in [-0.39, 0.29) is 21.0 Å². The number of hydrogen-bond donors (Lipinski definition) is 0. The molecule has 2 aromatic carbocycles. The van der Waals surface area contributed by atoms with Crippen molar-refractivity contribution in [2.45, 2.75) is 21.0 Å². The summed E-state index contributed by atoms with van der Waals surface area (Å²) in [6, 6.07) is 7.50. The number of alkyl halides is 4. The summed E-state index contributed by atoms with van der Waals surface area (Å²) >= 11 is 42.7. The molecule has 0 aliphatic carbocycles. The van der Waals surface area contributed by atoms with Crippen LogP contribution in [0.5, 0.6) is 23.0 Å². The Morgan fingerprint density at radius 2 is 0.711 bits per heavy atom. The normalized spacial score (nSPS) is 23.4. The third kappa shape index (κ3) is 10.3. The molecule has 1 heterocycles. The second-order valence-electron chi connectivity index (χ2n) is 8.05. The summed E-state index contributed by atoms with van der Waals surface area (Å²) in [5.74, 6) is 3.96. The van der Waals surface area contributed by atoms with E-state index in [0.29, 0.717) is 72.9 Å². The number of fused-ring (bicyclic) bond motifs is 2. The molecule has 4 nitrogen and oxygen atoms in total. The van der Waals surface area contributed by atoms with E-state index in [1.807, 2.05) is 24.3 Å². The molecule has 0 unspecified atom stereocenters. The molecule has 14 heteroatoms. The van der Waals surface area contributed by atoms with Crippen LogP contribution in [0.3, 0.4) is 0 Å². The number of hydrogen-bond acceptors (Lipinski definition) is 6. The van der Waals surface area contributed by atoms with Crippen molar-refractivity contribution in [1.29, 1.82) is 0 Å². The second-order valence-corrected chi connectivity index (χ2v) is 15.9. The molecular weight excluding hydrogens is 878 g/mol. The summed E-state index contributed by atoms with van der Waals surface area (Å²) in [7, 11) is 0. The van der Waals surface area contributed by atoms with Gasteiger partial charge in [-0.3, -0.25) is 0 Å². The summed E-state index contributed by atoms with van der Waals surface area (Å²) < 4.78 is 28.2. The van der Waals surface area contributed by atoms with E-state index in [1.54, 1.807) is 23.5 Å². The van der Waals surface area contributed by atoms with Crippen LogP contribution in [0.25, 0.3) is 0 Å². The fourth-order valence-electron chi connectivity index (χ4n) is 3.23. The van der Waals surface area contributed by atoms with Crippen LogP contribution in [0.4, 0.5) is 0 Å². The summed E-state index contributed by atoms with van der Waals surface area (Å²) in [6.45, 7) is 1.47. The third-order valence-corrected chi connectivity index (χ3v) is 13.8. The first-order chi connectivity index (χ1) is 18.3. The van der Waals surface area contributed by atoms with E-state index in [4.69, 9.17) is 65.4 Å². The Morgan fingerprint density at radius 3 is 0.895 bits per heavy atom. The summed E-state index contributed by atoms with van der Waals surface area (Å²) in [5, 5.41) is -0.107. The summed E-state index contributed by atoms with van der Waals surface area (Å²) in [6.07, 6.45) is 0. The van der Waals surface area contributed by atoms with Gasteiger partial charge in [0.1, 0.15) is 26.4 Å². The van der Waals surface area contributed by atoms with Gasteiger partial charge in [0.05, 0.1) is 21.0 Å². The van der Waals surface area contributed by atoms with E-state index < -0.39 is 0 Å². The van der Waals surface area contributed by atoms with Gasteiger partial charge in [-0.1, -0.05) is 0 Å². The van der Waals surface area contributed by atoms with Crippen molar-refractivity contribution < 1.29 is 18.9 Å². The third-order valence-electron chi connectivity index (χ3n) is 5.13. The van der Waals surface area contributed by atoms with Crippen LogP contribution in [-0.4, -0.2) is 70.9 Å². The van der Waals surface area contributed by atoms with Gasteiger partial charge in [0.15, 0.2) is 23.0 Å². The number of rotatable bonds is 4. The molecule has 1 aliphatic heterocycles. The van der Waals surface area contributed by atoms with Gasteiger partial charge in [-0.05, 0) is 88.0 Å². The molecule has 0 saturated carbocycles. The number of ether oxygens (including phenoxy) is 4. The Labute approximate surface area is 285 Å². The molecule has 3 rings (SSSR count). The highest BCUT2D eigenvalue weighted by Gasteiger charge is 2.23. The predicted molar refractivity (Wildman–Crippen MR) is 179 cm³/mol. The lowest BCUT2D eigenvalue weighted by Crippen LogP contribution is -2.27. The number of halogens is 8. The second kappa shape index (κ2) is 17.5. The van der Waals surface area contributed by atoms with Crippen molar-refractivity contribution >= 4 is 134 Å². The lowest BCUT2D eigenvalue weighted by atomic mass is 10.3. The molecule has 0 bridgehead atoms. The Morgan fingerprint density at radius 1 is 0.500 bits per heavy atom. The van der Waals surface area contributed by atoms with E-state index >= 15 is 0 Å². The first-order valence-electron chi connectivity index (χ1n) is 11.3. The zero-order valence-corrected chi connectivity index (χ0v) is 30.7. The summed E-state index contributed by atoms with van der Waals surface area (Å²) in [4.78, 5) is 0. The molecule has 0 N–H and O–H groups in total. The fraction of sp³-hybridized carbons (Fsp3) is 0.500. The molecule has 0 spiro atoms. The van der Waals surface area contributed by atoms with Gasteiger partial charge in [0, 0.05) is 41.4 Å². The van der Waals surface area contributed by atoms with E-state index in [9.17, 15) is 0 Å². The highest BCUT2D eigenvalue weighted by atomic mass is 79.9. The van der Waals surface area contributed by atoms with Crippen LogP contribution in [0.2, 0.25) is 0 Å². The van der Waals surface area contributed by atoms with Crippen molar-refractivity contribution in [3.05, 3.63) is 42.2 Å². The van der Waals surface area contributed by atoms with Crippen molar-refractivity contribution in [3.8, 4) is 23.0 Å². The van der Waals surface area contributed by atoms with Crippen molar-refractivity contribution in [2.24, 2.45) is 0 Å². The van der Waals surface area contributed by atoms with Gasteiger partial charge < -0.3 is 18.9 Å². The minimum atomic E-state index is -0.0267. The van der Waals surface area contributed by atoms with E-state index in [0.717, 1.165) is 17.9 Å². The maximum atomic E-state index is 6.32. The van der Waals surface area contributed by atoms with Crippen molar-refractivity contribution in [1.82, 2.24) is 0 Å². The quantitative estimate of drug-likeness (QED) is 0.285. The molecule has 4 atom stereocenters. The molecule has 212 valence electrons. The molecule has 0 aromatic heterocycles. The van der Waals surface area contributed by atoms with Crippen LogP contribution >= 0.6 is 134 Å². The minimum Gasteiger partial charge on any atom is -0.488 e. The highest BCUT2D eigenvalue weighted by molar-refractivity contribution is 9.13. The smallest absolute Gasteiger partial charge is 0.162 e. The molecule has 38 heavy (non-hydrogen) atoms. The zero-order chi connectivity index (χ0) is 27.7. The predicted octanol–water partition coefficient (Wildman–Crippen LogP) is 9.86. The average molecular weight is 902 g/mol. The average Bonchev–Trinajstić information content (AvgIpc) is 2.91. The molecule has 0 fully saturated rings. The van der Waals surface area contributed by atoms with Crippen molar-refractivity contribution in [3.63, 3.8) is 0 Å². The molecule has 0 amide bonds. The van der Waals surface area contributed by atoms with Gasteiger partial charge in [-0.2, -0.15) is 0 Å². The van der Waals surface area contributed by atoms with Crippen LogP contribution in [0, 0.1) is 0 Å². The molecule has 0 saturated heterocycles. The standard InChI is InChI=1S/C24H24Br4Cl4O4S2/c25-17-1-21-22(2-18(17)26)34-10-14(6-30)38-16(8-32)12-36-24-4-20(28)19(27)3-23(24)35-11-15(7-31)37-13(5-29)9-33-21/h1-4,13-16H,5-12H2/t13-,14+,15-,16+. The first kappa shape index (κ1) is 33.9. The van der Waals surface area contributed by atoms with Gasteiger partial charge >= 0.3 is 0 Å². The Hall–Kier alpha value is 1.42. The van der Waals surface area contributed by atoms with Crippen LogP contribution in [-0.2, 0) is 0 Å². The summed E-state index contributed by atoms with van der Waals surface area (Å²) in [5.41, 5.74) is 0. The fourth-order valence-corrected chi connectivity index (χ4v) is 7.71. The van der Waals surface area contributed by atoms with Gasteiger partial charge in [-0.15, -0.1) is 69.9 Å². The first-order valence-corrected chi connectivity index (χ1v) is 18.5. The molecule has 2 aromatic rings. The van der Waals surface area contributed by atoms with Crippen LogP contribution in [0.15, 0.2) is 42.2 Å². The van der Waals surface area contributed by atoms with Gasteiger partial charge in [0.2, 0.25) is 0 Å². The van der Waals surface area contributed by atoms with E-state index in [1.165, 1.54) is 0 Å². The van der Waals surface area contributed by atoms with Gasteiger partial charge in [-0.25, -0.2) is 0 Å². The van der Waals surface area contributed by atoms with Crippen molar-refractivity contribution in [2.75, 3.05) is 49.9 Å². The highest BCUT2D eigenvalue weighted by Crippen LogP contribution is 2.39. The number of benzene rings is 2. The Balaban J connectivity index is 1.91. The Kier molecular flexibility index (Phi) is 15.6. The van der Waals surface area contributed by atoms with Crippen LogP contribution in [0.1, 0.15) is 0 Å². The maximum Gasteiger partial charge on any atom is 0.162 e. The molecule has 1 aliphatic rings. The Bertz CT molecular complexity index is 899. The molecule has 0 radical (unpaired) electrons. The molecular formula is C24H24Br4Cl4O4S2. The topological polar surface area (TPSA) is 36.9 Å². The SMILES string of the molecule is ClC[C@@H]1COc2cc(Br)c(Br)cc2OC[C@H](CCl)S[C@@H](CCl)COc2cc(Br)c(Br)cc2OC[C@@H](CCl)S1. The minimum absolute atomic E-state index is 0.0267. The lowest BCUT2D eigenvalue weighted by Gasteiger charge is -2.25. The number of thioether (sulfide) groups is 2. The van der Waals surface area contributed by atoms with E-state index in [2.05, 4.69) is 63.7 Å².